The van der Waals surface area contributed by atoms with E-state index < -0.39 is 0 Å². The van der Waals surface area contributed by atoms with Crippen LogP contribution >= 0.6 is 0 Å². The molecule has 0 saturated carbocycles. The van der Waals surface area contributed by atoms with E-state index in [0.717, 1.165) is 11.3 Å². The fraction of sp³-hybridized carbons (Fsp3) is 0.500. The van der Waals surface area contributed by atoms with Gasteiger partial charge in [-0.25, -0.2) is 0 Å². The molecular weight excluding hydrogens is 214 g/mol. The van der Waals surface area contributed by atoms with Crippen molar-refractivity contribution < 1.29 is 9.47 Å². The van der Waals surface area contributed by atoms with Crippen LogP contribution in [0.2, 0.25) is 0 Å². The molecule has 0 spiro atoms. The van der Waals surface area contributed by atoms with Gasteiger partial charge in [0.2, 0.25) is 0 Å². The van der Waals surface area contributed by atoms with Gasteiger partial charge < -0.3 is 9.47 Å². The highest BCUT2D eigenvalue weighted by molar-refractivity contribution is 5.41. The summed E-state index contributed by atoms with van der Waals surface area (Å²) in [6, 6.07) is 7.58. The Balaban J connectivity index is 2.43. The van der Waals surface area contributed by atoms with E-state index in [2.05, 4.69) is 6.07 Å². The number of hydrogen-bond acceptors (Lipinski definition) is 3. The van der Waals surface area contributed by atoms with Crippen LogP contribution in [-0.4, -0.2) is 18.8 Å². The topological polar surface area (TPSA) is 42.2 Å². The van der Waals surface area contributed by atoms with Gasteiger partial charge in [-0.15, -0.1) is 0 Å². The van der Waals surface area contributed by atoms with Gasteiger partial charge in [-0.05, 0) is 51.5 Å². The van der Waals surface area contributed by atoms with E-state index in [1.54, 1.807) is 6.07 Å². The molecule has 0 saturated heterocycles. The van der Waals surface area contributed by atoms with Gasteiger partial charge in [0.25, 0.3) is 0 Å². The first-order chi connectivity index (χ1) is 7.92. The summed E-state index contributed by atoms with van der Waals surface area (Å²) in [5.41, 5.74) is 1.48. The predicted octanol–water partition coefficient (Wildman–Crippen LogP) is 3.06. The summed E-state index contributed by atoms with van der Waals surface area (Å²) in [5, 5.41) is 8.80. The molecule has 1 aromatic carbocycles. The smallest absolute Gasteiger partial charge is 0.119 e. The third-order valence-corrected chi connectivity index (χ3v) is 2.21. The number of aryl methyl sites for hydroxylation is 1. The molecule has 3 nitrogen and oxygen atoms in total. The Labute approximate surface area is 103 Å². The van der Waals surface area contributed by atoms with Crippen LogP contribution in [0, 0.1) is 18.3 Å². The van der Waals surface area contributed by atoms with Crippen molar-refractivity contribution in [2.45, 2.75) is 33.3 Å². The standard InChI is InChI=1S/C14H19NO2/c1-11-9-13(6-5-12(11)10-15)16-7-8-17-14(2,3)4/h5-6,9H,7-8H2,1-4H3. The lowest BCUT2D eigenvalue weighted by molar-refractivity contribution is -0.0163. The van der Waals surface area contributed by atoms with Crippen LogP contribution in [-0.2, 0) is 4.74 Å². The van der Waals surface area contributed by atoms with Crippen LogP contribution in [0.1, 0.15) is 31.9 Å². The summed E-state index contributed by atoms with van der Waals surface area (Å²) < 4.78 is 11.1. The summed E-state index contributed by atoms with van der Waals surface area (Å²) in [7, 11) is 0. The fourth-order valence-corrected chi connectivity index (χ4v) is 1.36. The molecule has 0 fully saturated rings. The average Bonchev–Trinajstić information content (AvgIpc) is 2.23. The van der Waals surface area contributed by atoms with Crippen LogP contribution in [0.25, 0.3) is 0 Å². The van der Waals surface area contributed by atoms with E-state index in [4.69, 9.17) is 14.7 Å². The molecule has 0 unspecified atom stereocenters. The second-order valence-corrected chi connectivity index (χ2v) is 4.90. The van der Waals surface area contributed by atoms with Crippen LogP contribution in [0.3, 0.4) is 0 Å². The Morgan fingerprint density at radius 3 is 2.47 bits per heavy atom. The summed E-state index contributed by atoms with van der Waals surface area (Å²) in [6.45, 7) is 9.01. The summed E-state index contributed by atoms with van der Waals surface area (Å²) >= 11 is 0. The molecule has 0 aliphatic carbocycles. The molecular formula is C14H19NO2. The van der Waals surface area contributed by atoms with Crippen molar-refractivity contribution in [1.82, 2.24) is 0 Å². The lowest BCUT2D eigenvalue weighted by Crippen LogP contribution is -2.22. The molecule has 0 amide bonds. The van der Waals surface area contributed by atoms with Crippen molar-refractivity contribution >= 4 is 0 Å². The minimum absolute atomic E-state index is 0.135. The molecule has 0 aliphatic rings. The number of hydrogen-bond donors (Lipinski definition) is 0. The van der Waals surface area contributed by atoms with Crippen molar-refractivity contribution in [2.75, 3.05) is 13.2 Å². The first kappa shape index (κ1) is 13.5. The quantitative estimate of drug-likeness (QED) is 0.750. The largest absolute Gasteiger partial charge is 0.491 e. The van der Waals surface area contributed by atoms with Crippen molar-refractivity contribution in [2.24, 2.45) is 0 Å². The highest BCUT2D eigenvalue weighted by atomic mass is 16.5. The van der Waals surface area contributed by atoms with E-state index in [9.17, 15) is 0 Å². The average molecular weight is 233 g/mol. The first-order valence-electron chi connectivity index (χ1n) is 5.70. The number of rotatable bonds is 4. The molecule has 0 N–H and O–H groups in total. The highest BCUT2D eigenvalue weighted by Crippen LogP contribution is 2.16. The van der Waals surface area contributed by atoms with Gasteiger partial charge in [0, 0.05) is 0 Å². The van der Waals surface area contributed by atoms with E-state index in [1.807, 2.05) is 39.8 Å². The number of nitrogens with zero attached hydrogens (tertiary/aromatic N) is 1. The normalized spacial score (nSPS) is 11.0. The molecule has 0 radical (unpaired) electrons. The highest BCUT2D eigenvalue weighted by Gasteiger charge is 2.09. The van der Waals surface area contributed by atoms with Gasteiger partial charge in [0.1, 0.15) is 12.4 Å². The Kier molecular flexibility index (Phi) is 4.53. The zero-order valence-corrected chi connectivity index (χ0v) is 10.9. The maximum absolute atomic E-state index is 8.80. The molecule has 0 aromatic heterocycles. The molecule has 0 aliphatic heterocycles. The molecule has 0 atom stereocenters. The number of benzene rings is 1. The Morgan fingerprint density at radius 2 is 1.94 bits per heavy atom. The van der Waals surface area contributed by atoms with Crippen LogP contribution in [0.5, 0.6) is 5.75 Å². The van der Waals surface area contributed by atoms with Crippen LogP contribution < -0.4 is 4.74 Å². The van der Waals surface area contributed by atoms with Crippen LogP contribution in [0.4, 0.5) is 0 Å². The summed E-state index contributed by atoms with van der Waals surface area (Å²) in [4.78, 5) is 0. The van der Waals surface area contributed by atoms with Gasteiger partial charge in [-0.3, -0.25) is 0 Å². The maximum atomic E-state index is 8.80. The van der Waals surface area contributed by atoms with Gasteiger partial charge in [0.15, 0.2) is 0 Å². The van der Waals surface area contributed by atoms with E-state index >= 15 is 0 Å². The lowest BCUT2D eigenvalue weighted by atomic mass is 10.1. The van der Waals surface area contributed by atoms with Gasteiger partial charge >= 0.3 is 0 Å². The van der Waals surface area contributed by atoms with Gasteiger partial charge in [0.05, 0.1) is 23.8 Å². The molecule has 92 valence electrons. The molecule has 0 heterocycles. The van der Waals surface area contributed by atoms with Gasteiger partial charge in [-0.1, -0.05) is 0 Å². The third kappa shape index (κ3) is 4.88. The lowest BCUT2D eigenvalue weighted by Gasteiger charge is -2.19. The molecule has 1 aromatic rings. The molecule has 17 heavy (non-hydrogen) atoms. The zero-order valence-electron chi connectivity index (χ0n) is 10.9. The van der Waals surface area contributed by atoms with E-state index in [0.29, 0.717) is 18.8 Å². The van der Waals surface area contributed by atoms with E-state index in [1.165, 1.54) is 0 Å². The second kappa shape index (κ2) is 5.70. The summed E-state index contributed by atoms with van der Waals surface area (Å²) in [6.07, 6.45) is 0. The minimum Gasteiger partial charge on any atom is -0.491 e. The Bertz CT molecular complexity index is 413. The fourth-order valence-electron chi connectivity index (χ4n) is 1.36. The van der Waals surface area contributed by atoms with Crippen molar-refractivity contribution in [3.05, 3.63) is 29.3 Å². The Hall–Kier alpha value is -1.53. The zero-order chi connectivity index (χ0) is 12.9. The molecule has 0 bridgehead atoms. The molecule has 3 heteroatoms. The minimum atomic E-state index is -0.135. The monoisotopic (exact) mass is 233 g/mol. The number of ether oxygens (including phenoxy) is 2. The van der Waals surface area contributed by atoms with Crippen LogP contribution in [0.15, 0.2) is 18.2 Å². The first-order valence-corrected chi connectivity index (χ1v) is 5.70. The molecule has 1 rings (SSSR count). The second-order valence-electron chi connectivity index (χ2n) is 4.90. The van der Waals surface area contributed by atoms with Gasteiger partial charge in [-0.2, -0.15) is 5.26 Å². The summed E-state index contributed by atoms with van der Waals surface area (Å²) in [5.74, 6) is 0.777. The van der Waals surface area contributed by atoms with E-state index in [-0.39, 0.29) is 5.60 Å². The maximum Gasteiger partial charge on any atom is 0.119 e. The Morgan fingerprint density at radius 1 is 1.24 bits per heavy atom. The third-order valence-electron chi connectivity index (χ3n) is 2.21. The van der Waals surface area contributed by atoms with Crippen molar-refractivity contribution in [3.63, 3.8) is 0 Å². The van der Waals surface area contributed by atoms with Crippen molar-refractivity contribution in [3.8, 4) is 11.8 Å². The number of nitriles is 1. The predicted molar refractivity (Wildman–Crippen MR) is 67.1 cm³/mol. The SMILES string of the molecule is Cc1cc(OCCOC(C)(C)C)ccc1C#N. The van der Waals surface area contributed by atoms with Crippen molar-refractivity contribution in [1.29, 1.82) is 5.26 Å².